The number of carbonyl (C=O) groups is 1. The van der Waals surface area contributed by atoms with Crippen LogP contribution in [0.25, 0.3) is 0 Å². The predicted octanol–water partition coefficient (Wildman–Crippen LogP) is 2.95. The summed E-state index contributed by atoms with van der Waals surface area (Å²) in [4.78, 5) is 31.4. The summed E-state index contributed by atoms with van der Waals surface area (Å²) < 4.78 is 0. The first kappa shape index (κ1) is 23.2. The van der Waals surface area contributed by atoms with E-state index in [4.69, 9.17) is 10.6 Å². The van der Waals surface area contributed by atoms with Gasteiger partial charge in [-0.1, -0.05) is 11.2 Å². The van der Waals surface area contributed by atoms with Gasteiger partial charge < -0.3 is 15.5 Å². The van der Waals surface area contributed by atoms with Crippen molar-refractivity contribution in [1.82, 2.24) is 19.8 Å². The molecule has 2 saturated heterocycles. The summed E-state index contributed by atoms with van der Waals surface area (Å²) in [5, 5.41) is 4.27. The van der Waals surface area contributed by atoms with Gasteiger partial charge in [-0.15, -0.1) is 0 Å². The molecule has 8 nitrogen and oxygen atoms in total. The van der Waals surface area contributed by atoms with Crippen molar-refractivity contribution in [2.75, 3.05) is 32.5 Å². The van der Waals surface area contributed by atoms with Crippen LogP contribution < -0.4 is 5.73 Å². The van der Waals surface area contributed by atoms with Crippen LogP contribution in [-0.2, 0) is 16.2 Å². The Morgan fingerprint density at radius 1 is 1.12 bits per heavy atom. The third-order valence-electron chi connectivity index (χ3n) is 6.90. The Kier molecular flexibility index (Phi) is 7.54. The van der Waals surface area contributed by atoms with Crippen molar-refractivity contribution in [1.29, 1.82) is 0 Å². The topological polar surface area (TPSA) is 96.9 Å². The lowest BCUT2D eigenvalue weighted by Gasteiger charge is -2.40. The van der Waals surface area contributed by atoms with Crippen LogP contribution in [0.2, 0.25) is 0 Å². The SMILES string of the molecule is CO/N=C(/c1ccccn1)C1CCN(C(=O)C2CCN(Cc3ccnc(N)c3)C(C)C2)CC1. The number of aromatic nitrogens is 2. The quantitative estimate of drug-likeness (QED) is 0.537. The molecule has 0 saturated carbocycles. The van der Waals surface area contributed by atoms with E-state index in [2.05, 4.69) is 31.8 Å². The van der Waals surface area contributed by atoms with Gasteiger partial charge in [0.2, 0.25) is 5.91 Å². The summed E-state index contributed by atoms with van der Waals surface area (Å²) >= 11 is 0. The number of nitrogens with zero attached hydrogens (tertiary/aromatic N) is 5. The van der Waals surface area contributed by atoms with E-state index >= 15 is 0 Å². The van der Waals surface area contributed by atoms with E-state index in [1.165, 1.54) is 5.56 Å². The summed E-state index contributed by atoms with van der Waals surface area (Å²) in [7, 11) is 1.57. The molecule has 0 aliphatic carbocycles. The van der Waals surface area contributed by atoms with Crippen molar-refractivity contribution >= 4 is 17.4 Å². The maximum atomic E-state index is 13.3. The van der Waals surface area contributed by atoms with Crippen molar-refractivity contribution in [2.24, 2.45) is 17.0 Å². The molecular weight excluding hydrogens is 416 g/mol. The van der Waals surface area contributed by atoms with Crippen molar-refractivity contribution in [3.63, 3.8) is 0 Å². The first-order valence-electron chi connectivity index (χ1n) is 11.8. The lowest BCUT2D eigenvalue weighted by atomic mass is 9.87. The van der Waals surface area contributed by atoms with Crippen molar-refractivity contribution < 1.29 is 9.63 Å². The Labute approximate surface area is 195 Å². The normalized spacial score (nSPS) is 22.8. The van der Waals surface area contributed by atoms with E-state index in [1.807, 2.05) is 30.3 Å². The fourth-order valence-electron chi connectivity index (χ4n) is 5.08. The van der Waals surface area contributed by atoms with Crippen molar-refractivity contribution in [3.8, 4) is 0 Å². The van der Waals surface area contributed by atoms with Gasteiger partial charge in [0.15, 0.2) is 0 Å². The number of oxime groups is 1. The number of rotatable bonds is 6. The highest BCUT2D eigenvalue weighted by molar-refractivity contribution is 6.00. The molecule has 2 aliphatic heterocycles. The highest BCUT2D eigenvalue weighted by Crippen LogP contribution is 2.29. The zero-order valence-corrected chi connectivity index (χ0v) is 19.6. The first-order chi connectivity index (χ1) is 16.0. The van der Waals surface area contributed by atoms with E-state index in [-0.39, 0.29) is 11.8 Å². The maximum absolute atomic E-state index is 13.3. The molecule has 2 unspecified atom stereocenters. The summed E-state index contributed by atoms with van der Waals surface area (Å²) in [5.74, 6) is 1.20. The van der Waals surface area contributed by atoms with Gasteiger partial charge >= 0.3 is 0 Å². The molecule has 2 aliphatic rings. The number of anilines is 1. The minimum atomic E-state index is 0.0956. The van der Waals surface area contributed by atoms with Crippen LogP contribution >= 0.6 is 0 Å². The number of hydrogen-bond acceptors (Lipinski definition) is 7. The van der Waals surface area contributed by atoms with Gasteiger partial charge in [-0.3, -0.25) is 14.7 Å². The standard InChI is InChI=1S/C25H34N6O2/c1-18-15-21(9-14-31(18)17-19-6-11-28-23(26)16-19)25(32)30-12-7-20(8-13-30)24(29-33-2)22-5-3-4-10-27-22/h3-6,10-11,16,18,20-21H,7-9,12-15,17H2,1-2H3,(H2,26,28)/b29-24+. The number of carbonyl (C=O) groups excluding carboxylic acids is 1. The van der Waals surface area contributed by atoms with Crippen molar-refractivity contribution in [3.05, 3.63) is 54.0 Å². The molecule has 0 radical (unpaired) electrons. The highest BCUT2D eigenvalue weighted by atomic mass is 16.6. The van der Waals surface area contributed by atoms with E-state index in [0.29, 0.717) is 17.8 Å². The fraction of sp³-hybridized carbons (Fsp3) is 0.520. The van der Waals surface area contributed by atoms with Gasteiger partial charge in [-0.2, -0.15) is 0 Å². The number of pyridine rings is 2. The van der Waals surface area contributed by atoms with Gasteiger partial charge in [0.1, 0.15) is 18.6 Å². The Morgan fingerprint density at radius 3 is 2.58 bits per heavy atom. The van der Waals surface area contributed by atoms with Gasteiger partial charge in [0.05, 0.1) is 5.69 Å². The molecule has 2 atom stereocenters. The molecule has 0 spiro atoms. The Morgan fingerprint density at radius 2 is 1.91 bits per heavy atom. The second-order valence-electron chi connectivity index (χ2n) is 9.10. The second-order valence-corrected chi connectivity index (χ2v) is 9.10. The van der Waals surface area contributed by atoms with E-state index < -0.39 is 0 Å². The molecule has 8 heteroatoms. The molecule has 4 heterocycles. The van der Waals surface area contributed by atoms with Crippen LogP contribution in [0.5, 0.6) is 0 Å². The number of piperidine rings is 2. The molecule has 1 amide bonds. The monoisotopic (exact) mass is 450 g/mol. The number of likely N-dealkylation sites (tertiary alicyclic amines) is 2. The van der Waals surface area contributed by atoms with Gasteiger partial charge in [-0.05, 0) is 69.0 Å². The third kappa shape index (κ3) is 5.68. The Hall–Kier alpha value is -3.00. The summed E-state index contributed by atoms with van der Waals surface area (Å²) in [5.41, 5.74) is 8.72. The minimum absolute atomic E-state index is 0.0956. The van der Waals surface area contributed by atoms with Crippen molar-refractivity contribution in [2.45, 2.75) is 45.2 Å². The van der Waals surface area contributed by atoms with Crippen LogP contribution in [0.1, 0.15) is 43.9 Å². The lowest BCUT2D eigenvalue weighted by molar-refractivity contribution is -0.139. The highest BCUT2D eigenvalue weighted by Gasteiger charge is 2.35. The van der Waals surface area contributed by atoms with Gasteiger partial charge in [-0.25, -0.2) is 4.98 Å². The van der Waals surface area contributed by atoms with Crippen LogP contribution in [-0.4, -0.2) is 64.2 Å². The lowest BCUT2D eigenvalue weighted by Crippen LogP contribution is -2.48. The maximum Gasteiger partial charge on any atom is 0.225 e. The zero-order valence-electron chi connectivity index (χ0n) is 19.6. The van der Waals surface area contributed by atoms with Crippen LogP contribution in [0.3, 0.4) is 0 Å². The van der Waals surface area contributed by atoms with E-state index in [0.717, 1.165) is 63.3 Å². The van der Waals surface area contributed by atoms with E-state index in [9.17, 15) is 4.79 Å². The molecule has 0 aromatic carbocycles. The predicted molar refractivity (Wildman–Crippen MR) is 128 cm³/mol. The second kappa shape index (κ2) is 10.7. The molecule has 2 aromatic rings. The first-order valence-corrected chi connectivity index (χ1v) is 11.8. The molecule has 0 bridgehead atoms. The Bertz CT molecular complexity index is 958. The van der Waals surface area contributed by atoms with E-state index in [1.54, 1.807) is 19.5 Å². The number of hydrogen-bond donors (Lipinski definition) is 1. The molecule has 2 N–H and O–H groups in total. The Balaban J connectivity index is 1.30. The average Bonchev–Trinajstić information content (AvgIpc) is 2.84. The third-order valence-corrected chi connectivity index (χ3v) is 6.90. The smallest absolute Gasteiger partial charge is 0.225 e. The molecule has 4 rings (SSSR count). The van der Waals surface area contributed by atoms with Gasteiger partial charge in [0.25, 0.3) is 0 Å². The zero-order chi connectivity index (χ0) is 23.2. The summed E-state index contributed by atoms with van der Waals surface area (Å²) in [6, 6.07) is 10.1. The van der Waals surface area contributed by atoms with Crippen LogP contribution in [0.15, 0.2) is 47.9 Å². The van der Waals surface area contributed by atoms with Crippen LogP contribution in [0.4, 0.5) is 5.82 Å². The number of nitrogens with two attached hydrogens (primary N) is 1. The molecular formula is C25H34N6O2. The summed E-state index contributed by atoms with van der Waals surface area (Å²) in [6.07, 6.45) is 7.07. The molecule has 33 heavy (non-hydrogen) atoms. The van der Waals surface area contributed by atoms with Gasteiger partial charge in [0, 0.05) is 49.9 Å². The molecule has 2 fully saturated rings. The minimum Gasteiger partial charge on any atom is -0.399 e. The fourth-order valence-corrected chi connectivity index (χ4v) is 5.08. The number of nitrogen functional groups attached to an aromatic ring is 1. The molecule has 176 valence electrons. The number of amides is 1. The largest absolute Gasteiger partial charge is 0.399 e. The van der Waals surface area contributed by atoms with Crippen LogP contribution in [0, 0.1) is 11.8 Å². The summed E-state index contributed by atoms with van der Waals surface area (Å²) in [6.45, 7) is 5.49. The molecule has 2 aromatic heterocycles. The average molecular weight is 451 g/mol.